The Balaban J connectivity index is 2.70. The van der Waals surface area contributed by atoms with Crippen molar-refractivity contribution >= 4 is 12.4 Å². The lowest BCUT2D eigenvalue weighted by Crippen LogP contribution is -1.94. The van der Waals surface area contributed by atoms with E-state index >= 15 is 0 Å². The van der Waals surface area contributed by atoms with Crippen LogP contribution >= 0.6 is 0 Å². The zero-order chi connectivity index (χ0) is 11.8. The van der Waals surface area contributed by atoms with Crippen molar-refractivity contribution in [2.45, 2.75) is 26.7 Å². The zero-order valence-corrected chi connectivity index (χ0v) is 9.90. The van der Waals surface area contributed by atoms with Gasteiger partial charge in [-0.05, 0) is 42.2 Å². The van der Waals surface area contributed by atoms with Crippen molar-refractivity contribution in [3.8, 4) is 5.75 Å². The Morgan fingerprint density at radius 2 is 1.94 bits per heavy atom. The molecule has 1 rings (SSSR count). The molecule has 0 spiro atoms. The first-order valence-electron chi connectivity index (χ1n) is 5.68. The van der Waals surface area contributed by atoms with Gasteiger partial charge in [0.15, 0.2) is 0 Å². The highest BCUT2D eigenvalue weighted by Gasteiger charge is 1.95. The van der Waals surface area contributed by atoms with E-state index in [1.54, 1.807) is 0 Å². The smallest absolute Gasteiger partial charge is 0.146 e. The van der Waals surface area contributed by atoms with Crippen LogP contribution in [-0.2, 0) is 4.79 Å². The number of benzene rings is 1. The van der Waals surface area contributed by atoms with Gasteiger partial charge >= 0.3 is 0 Å². The standard InChI is InChI=1S/C14H18O2/c1-3-9-16-14-7-5-13(6-8-14)10-12(4-2)11-15/h5-8,10-11H,3-4,9H2,1-2H3. The first kappa shape index (κ1) is 12.5. The molecule has 0 saturated carbocycles. The van der Waals surface area contributed by atoms with Gasteiger partial charge in [0.1, 0.15) is 12.0 Å². The third-order valence-electron chi connectivity index (χ3n) is 2.26. The quantitative estimate of drug-likeness (QED) is 0.540. The van der Waals surface area contributed by atoms with Crippen LogP contribution in [0.4, 0.5) is 0 Å². The molecule has 2 heteroatoms. The van der Waals surface area contributed by atoms with Gasteiger partial charge in [-0.2, -0.15) is 0 Å². The van der Waals surface area contributed by atoms with E-state index in [0.717, 1.165) is 42.6 Å². The minimum Gasteiger partial charge on any atom is -0.494 e. The summed E-state index contributed by atoms with van der Waals surface area (Å²) in [6, 6.07) is 7.79. The lowest BCUT2D eigenvalue weighted by atomic mass is 10.1. The second-order valence-electron chi connectivity index (χ2n) is 3.61. The third kappa shape index (κ3) is 3.89. The number of ether oxygens (including phenoxy) is 1. The molecule has 16 heavy (non-hydrogen) atoms. The second-order valence-corrected chi connectivity index (χ2v) is 3.61. The minimum absolute atomic E-state index is 0.740. The predicted molar refractivity (Wildman–Crippen MR) is 66.6 cm³/mol. The van der Waals surface area contributed by atoms with Crippen LogP contribution < -0.4 is 4.74 Å². The van der Waals surface area contributed by atoms with Crippen molar-refractivity contribution in [3.63, 3.8) is 0 Å². The predicted octanol–water partition coefficient (Wildman–Crippen LogP) is 3.47. The fourth-order valence-electron chi connectivity index (χ4n) is 1.31. The van der Waals surface area contributed by atoms with Crippen LogP contribution in [-0.4, -0.2) is 12.9 Å². The Kier molecular flexibility index (Phi) is 5.34. The summed E-state index contributed by atoms with van der Waals surface area (Å²) in [6.45, 7) is 4.79. The van der Waals surface area contributed by atoms with Crippen LogP contribution in [0.1, 0.15) is 32.3 Å². The summed E-state index contributed by atoms with van der Waals surface area (Å²) in [5, 5.41) is 0. The average molecular weight is 218 g/mol. The van der Waals surface area contributed by atoms with Gasteiger partial charge in [0.25, 0.3) is 0 Å². The minimum atomic E-state index is 0.740. The van der Waals surface area contributed by atoms with E-state index in [9.17, 15) is 4.79 Å². The summed E-state index contributed by atoms with van der Waals surface area (Å²) in [5.74, 6) is 0.878. The SMILES string of the molecule is CCCOc1ccc(C=C(C=O)CC)cc1. The first-order chi connectivity index (χ1) is 7.80. The van der Waals surface area contributed by atoms with Crippen LogP contribution in [0.15, 0.2) is 29.8 Å². The van der Waals surface area contributed by atoms with Crippen molar-refractivity contribution in [1.82, 2.24) is 0 Å². The lowest BCUT2D eigenvalue weighted by molar-refractivity contribution is -0.104. The van der Waals surface area contributed by atoms with Crippen molar-refractivity contribution in [2.75, 3.05) is 6.61 Å². The molecule has 0 atom stereocenters. The van der Waals surface area contributed by atoms with Gasteiger partial charge < -0.3 is 4.74 Å². The molecule has 2 nitrogen and oxygen atoms in total. The van der Waals surface area contributed by atoms with E-state index in [4.69, 9.17) is 4.74 Å². The Bertz CT molecular complexity index is 350. The monoisotopic (exact) mass is 218 g/mol. The van der Waals surface area contributed by atoms with Gasteiger partial charge in [0, 0.05) is 0 Å². The molecular weight excluding hydrogens is 200 g/mol. The highest BCUT2D eigenvalue weighted by Crippen LogP contribution is 2.15. The average Bonchev–Trinajstić information content (AvgIpc) is 2.35. The Morgan fingerprint density at radius 1 is 1.25 bits per heavy atom. The molecule has 1 aromatic rings. The van der Waals surface area contributed by atoms with Crippen molar-refractivity contribution in [2.24, 2.45) is 0 Å². The van der Waals surface area contributed by atoms with E-state index in [-0.39, 0.29) is 0 Å². The summed E-state index contributed by atoms with van der Waals surface area (Å²) in [7, 11) is 0. The fraction of sp³-hybridized carbons (Fsp3) is 0.357. The molecular formula is C14H18O2. The lowest BCUT2D eigenvalue weighted by Gasteiger charge is -2.04. The molecule has 0 saturated heterocycles. The van der Waals surface area contributed by atoms with Crippen LogP contribution in [0, 0.1) is 0 Å². The summed E-state index contributed by atoms with van der Waals surface area (Å²) < 4.78 is 5.48. The summed E-state index contributed by atoms with van der Waals surface area (Å²) in [4.78, 5) is 10.7. The molecule has 0 aliphatic rings. The number of allylic oxidation sites excluding steroid dienone is 1. The molecule has 0 aliphatic heterocycles. The normalized spacial score (nSPS) is 11.2. The van der Waals surface area contributed by atoms with E-state index in [0.29, 0.717) is 0 Å². The molecule has 0 N–H and O–H groups in total. The van der Waals surface area contributed by atoms with Crippen molar-refractivity contribution in [1.29, 1.82) is 0 Å². The molecule has 0 fully saturated rings. The number of rotatable bonds is 6. The van der Waals surface area contributed by atoms with Crippen LogP contribution in [0.25, 0.3) is 6.08 Å². The molecule has 0 unspecified atom stereocenters. The van der Waals surface area contributed by atoms with Gasteiger partial charge in [-0.1, -0.05) is 26.0 Å². The molecule has 0 amide bonds. The number of hydrogen-bond donors (Lipinski definition) is 0. The molecule has 0 bridgehead atoms. The van der Waals surface area contributed by atoms with Gasteiger partial charge in [0.2, 0.25) is 0 Å². The van der Waals surface area contributed by atoms with E-state index in [2.05, 4.69) is 6.92 Å². The fourth-order valence-corrected chi connectivity index (χ4v) is 1.31. The highest BCUT2D eigenvalue weighted by molar-refractivity contribution is 5.81. The molecule has 0 aliphatic carbocycles. The summed E-state index contributed by atoms with van der Waals surface area (Å²) in [5.41, 5.74) is 1.84. The first-order valence-corrected chi connectivity index (χ1v) is 5.68. The highest BCUT2D eigenvalue weighted by atomic mass is 16.5. The van der Waals surface area contributed by atoms with Gasteiger partial charge in [0.05, 0.1) is 6.61 Å². The van der Waals surface area contributed by atoms with Crippen LogP contribution in [0.2, 0.25) is 0 Å². The topological polar surface area (TPSA) is 26.3 Å². The van der Waals surface area contributed by atoms with Gasteiger partial charge in [-0.3, -0.25) is 4.79 Å². The molecule has 0 radical (unpaired) electrons. The van der Waals surface area contributed by atoms with E-state index in [1.807, 2.05) is 37.3 Å². The largest absolute Gasteiger partial charge is 0.494 e. The maximum Gasteiger partial charge on any atom is 0.146 e. The molecule has 0 heterocycles. The van der Waals surface area contributed by atoms with Crippen LogP contribution in [0.3, 0.4) is 0 Å². The third-order valence-corrected chi connectivity index (χ3v) is 2.26. The molecule has 1 aromatic carbocycles. The van der Waals surface area contributed by atoms with Gasteiger partial charge in [-0.25, -0.2) is 0 Å². The van der Waals surface area contributed by atoms with Crippen molar-refractivity contribution < 1.29 is 9.53 Å². The number of carbonyl (C=O) groups excluding carboxylic acids is 1. The number of carbonyl (C=O) groups is 1. The molecule has 86 valence electrons. The second kappa shape index (κ2) is 6.83. The zero-order valence-electron chi connectivity index (χ0n) is 9.90. The Morgan fingerprint density at radius 3 is 2.44 bits per heavy atom. The number of aldehydes is 1. The van der Waals surface area contributed by atoms with E-state index < -0.39 is 0 Å². The van der Waals surface area contributed by atoms with Crippen molar-refractivity contribution in [3.05, 3.63) is 35.4 Å². The molecule has 0 aromatic heterocycles. The van der Waals surface area contributed by atoms with Crippen LogP contribution in [0.5, 0.6) is 5.75 Å². The maximum atomic E-state index is 10.7. The van der Waals surface area contributed by atoms with Gasteiger partial charge in [-0.15, -0.1) is 0 Å². The summed E-state index contributed by atoms with van der Waals surface area (Å²) >= 11 is 0. The Labute approximate surface area is 96.9 Å². The summed E-state index contributed by atoms with van der Waals surface area (Å²) in [6.07, 6.45) is 4.57. The number of hydrogen-bond acceptors (Lipinski definition) is 2. The Hall–Kier alpha value is -1.57. The maximum absolute atomic E-state index is 10.7. The van der Waals surface area contributed by atoms with E-state index in [1.165, 1.54) is 0 Å².